The van der Waals surface area contributed by atoms with E-state index in [0.717, 1.165) is 44.9 Å². The van der Waals surface area contributed by atoms with Crippen molar-refractivity contribution in [2.45, 2.75) is 79.4 Å². The van der Waals surface area contributed by atoms with Crippen LogP contribution in [-0.2, 0) is 11.3 Å². The zero-order chi connectivity index (χ0) is 18.8. The quantitative estimate of drug-likeness (QED) is 0.500. The van der Waals surface area contributed by atoms with Gasteiger partial charge in [0.2, 0.25) is 0 Å². The predicted molar refractivity (Wildman–Crippen MR) is 107 cm³/mol. The summed E-state index contributed by atoms with van der Waals surface area (Å²) in [5, 5.41) is 3.50. The third-order valence-electron chi connectivity index (χ3n) is 4.09. The minimum Gasteiger partial charge on any atom is -0.493 e. The summed E-state index contributed by atoms with van der Waals surface area (Å²) in [6, 6.07) is 8.46. The van der Waals surface area contributed by atoms with E-state index < -0.39 is 0 Å². The van der Waals surface area contributed by atoms with Crippen molar-refractivity contribution in [3.05, 3.63) is 29.8 Å². The lowest BCUT2D eigenvalue weighted by molar-refractivity contribution is -0.00452. The van der Waals surface area contributed by atoms with Gasteiger partial charge in [0.1, 0.15) is 5.75 Å². The smallest absolute Gasteiger partial charge is 0.119 e. The van der Waals surface area contributed by atoms with Crippen LogP contribution < -0.4 is 10.1 Å². The summed E-state index contributed by atoms with van der Waals surface area (Å²) in [5.41, 5.74) is 1.51. The molecule has 3 nitrogen and oxygen atoms in total. The molecule has 0 aliphatic heterocycles. The number of benzene rings is 1. The van der Waals surface area contributed by atoms with Crippen LogP contribution in [0.15, 0.2) is 24.3 Å². The van der Waals surface area contributed by atoms with Crippen LogP contribution in [-0.4, -0.2) is 25.4 Å². The molecule has 0 unspecified atom stereocenters. The third-order valence-corrected chi connectivity index (χ3v) is 4.09. The number of hydrogen-bond acceptors (Lipinski definition) is 3. The van der Waals surface area contributed by atoms with Gasteiger partial charge in [0.05, 0.1) is 12.2 Å². The second-order valence-electron chi connectivity index (χ2n) is 8.69. The monoisotopic (exact) mass is 349 g/mol. The van der Waals surface area contributed by atoms with E-state index in [0.29, 0.717) is 0 Å². The molecule has 0 amide bonds. The van der Waals surface area contributed by atoms with Crippen molar-refractivity contribution >= 4 is 0 Å². The van der Waals surface area contributed by atoms with Crippen LogP contribution in [0.2, 0.25) is 0 Å². The molecule has 3 heteroatoms. The van der Waals surface area contributed by atoms with Gasteiger partial charge in [-0.2, -0.15) is 0 Å². The lowest BCUT2D eigenvalue weighted by atomic mass is 9.89. The number of unbranched alkanes of at least 4 members (excludes halogenated alkanes) is 1. The van der Waals surface area contributed by atoms with Crippen molar-refractivity contribution in [1.29, 1.82) is 0 Å². The second-order valence-corrected chi connectivity index (χ2v) is 8.69. The molecule has 0 saturated carbocycles. The van der Waals surface area contributed by atoms with E-state index in [1.165, 1.54) is 18.4 Å². The summed E-state index contributed by atoms with van der Waals surface area (Å²) in [4.78, 5) is 0. The van der Waals surface area contributed by atoms with Gasteiger partial charge < -0.3 is 14.8 Å². The summed E-state index contributed by atoms with van der Waals surface area (Å²) in [6.45, 7) is 16.6. The number of rotatable bonds is 12. The zero-order valence-corrected chi connectivity index (χ0v) is 17.3. The predicted octanol–water partition coefficient (Wildman–Crippen LogP) is 5.58. The van der Waals surface area contributed by atoms with Gasteiger partial charge in [-0.05, 0) is 69.7 Å². The van der Waals surface area contributed by atoms with Crippen molar-refractivity contribution in [3.8, 4) is 5.75 Å². The first-order valence-electron chi connectivity index (χ1n) is 9.78. The van der Waals surface area contributed by atoms with E-state index >= 15 is 0 Å². The van der Waals surface area contributed by atoms with Gasteiger partial charge in [-0.15, -0.1) is 0 Å². The van der Waals surface area contributed by atoms with Crippen molar-refractivity contribution in [1.82, 2.24) is 5.32 Å². The maximum Gasteiger partial charge on any atom is 0.119 e. The first-order valence-corrected chi connectivity index (χ1v) is 9.78. The average molecular weight is 350 g/mol. The molecule has 0 fully saturated rings. The molecule has 0 aliphatic carbocycles. The Hall–Kier alpha value is -1.06. The molecule has 0 radical (unpaired) electrons. The molecule has 0 aromatic heterocycles. The Balaban J connectivity index is 2.18. The Kier molecular flexibility index (Phi) is 9.52. The van der Waals surface area contributed by atoms with Crippen LogP contribution in [0.5, 0.6) is 5.75 Å². The van der Waals surface area contributed by atoms with Gasteiger partial charge in [-0.3, -0.25) is 0 Å². The Morgan fingerprint density at radius 3 is 2.24 bits per heavy atom. The molecule has 1 aromatic rings. The summed E-state index contributed by atoms with van der Waals surface area (Å²) in [5.74, 6) is 0.965. The molecule has 1 aromatic carbocycles. The highest BCUT2D eigenvalue weighted by Gasteiger charge is 2.17. The third kappa shape index (κ3) is 11.2. The van der Waals surface area contributed by atoms with Gasteiger partial charge in [0.15, 0.2) is 0 Å². The molecule has 0 spiro atoms. The highest BCUT2D eigenvalue weighted by molar-refractivity contribution is 5.27. The first-order chi connectivity index (χ1) is 11.7. The van der Waals surface area contributed by atoms with E-state index in [1.807, 2.05) is 0 Å². The Morgan fingerprint density at radius 2 is 1.64 bits per heavy atom. The van der Waals surface area contributed by atoms with E-state index in [9.17, 15) is 0 Å². The normalized spacial score (nSPS) is 12.4. The number of hydrogen-bond donors (Lipinski definition) is 1. The fourth-order valence-corrected chi connectivity index (χ4v) is 2.69. The summed E-state index contributed by atoms with van der Waals surface area (Å²) < 4.78 is 11.7. The Morgan fingerprint density at radius 1 is 0.960 bits per heavy atom. The molecule has 0 atom stereocenters. The molecule has 0 saturated heterocycles. The minimum absolute atomic E-state index is 0.0248. The molecule has 1 rings (SSSR count). The van der Waals surface area contributed by atoms with Crippen molar-refractivity contribution in [2.24, 2.45) is 5.41 Å². The van der Waals surface area contributed by atoms with Crippen molar-refractivity contribution in [3.63, 3.8) is 0 Å². The summed E-state index contributed by atoms with van der Waals surface area (Å²) >= 11 is 0. The number of ether oxygens (including phenoxy) is 2. The van der Waals surface area contributed by atoms with E-state index in [-0.39, 0.29) is 11.0 Å². The van der Waals surface area contributed by atoms with Crippen LogP contribution in [0.4, 0.5) is 0 Å². The molecular formula is C22H39NO2. The molecule has 0 bridgehead atoms. The summed E-state index contributed by atoms with van der Waals surface area (Å²) in [6.07, 6.45) is 4.63. The minimum atomic E-state index is -0.0248. The van der Waals surface area contributed by atoms with E-state index in [2.05, 4.69) is 71.1 Å². The van der Waals surface area contributed by atoms with E-state index in [1.54, 1.807) is 0 Å². The van der Waals surface area contributed by atoms with Crippen molar-refractivity contribution in [2.75, 3.05) is 19.8 Å². The topological polar surface area (TPSA) is 30.5 Å². The molecule has 0 heterocycles. The highest BCUT2D eigenvalue weighted by Crippen LogP contribution is 2.24. The van der Waals surface area contributed by atoms with Gasteiger partial charge >= 0.3 is 0 Å². The zero-order valence-electron chi connectivity index (χ0n) is 17.3. The number of nitrogens with one attached hydrogen (secondary N) is 1. The van der Waals surface area contributed by atoms with Crippen LogP contribution in [0.1, 0.15) is 72.8 Å². The maximum atomic E-state index is 5.94. The average Bonchev–Trinajstić information content (AvgIpc) is 2.52. The fourth-order valence-electron chi connectivity index (χ4n) is 2.69. The maximum absolute atomic E-state index is 5.94. The fraction of sp³-hybridized carbons (Fsp3) is 0.727. The van der Waals surface area contributed by atoms with Crippen LogP contribution >= 0.6 is 0 Å². The molecular weight excluding hydrogens is 310 g/mol. The highest BCUT2D eigenvalue weighted by atomic mass is 16.5. The van der Waals surface area contributed by atoms with Crippen molar-refractivity contribution < 1.29 is 9.47 Å². The van der Waals surface area contributed by atoms with E-state index in [4.69, 9.17) is 9.47 Å². The second kappa shape index (κ2) is 10.8. The molecule has 1 N–H and O–H groups in total. The van der Waals surface area contributed by atoms with Crippen LogP contribution in [0.25, 0.3) is 0 Å². The molecule has 25 heavy (non-hydrogen) atoms. The Bertz CT molecular complexity index is 460. The van der Waals surface area contributed by atoms with Gasteiger partial charge in [-0.1, -0.05) is 39.3 Å². The lowest BCUT2D eigenvalue weighted by Gasteiger charge is -2.24. The van der Waals surface area contributed by atoms with Crippen LogP contribution in [0, 0.1) is 5.41 Å². The lowest BCUT2D eigenvalue weighted by Crippen LogP contribution is -2.21. The van der Waals surface area contributed by atoms with Gasteiger partial charge in [0.25, 0.3) is 0 Å². The van der Waals surface area contributed by atoms with Gasteiger partial charge in [0, 0.05) is 13.2 Å². The molecule has 144 valence electrons. The van der Waals surface area contributed by atoms with Crippen LogP contribution in [0.3, 0.4) is 0 Å². The summed E-state index contributed by atoms with van der Waals surface area (Å²) in [7, 11) is 0. The molecule has 0 aliphatic rings. The SMILES string of the molecule is CCCC(C)(C)COc1ccc(CNCCCCOC(C)(C)C)cc1. The van der Waals surface area contributed by atoms with Gasteiger partial charge in [-0.25, -0.2) is 0 Å². The first kappa shape index (κ1) is 22.0. The standard InChI is InChI=1S/C22H39NO2/c1-7-14-22(5,6)18-24-20-12-10-19(11-13-20)17-23-15-8-9-16-25-21(2,3)4/h10-13,23H,7-9,14-18H2,1-6H3. The largest absolute Gasteiger partial charge is 0.493 e. The Labute approximate surface area is 155 Å².